The van der Waals surface area contributed by atoms with Crippen molar-refractivity contribution < 1.29 is 9.53 Å². The van der Waals surface area contributed by atoms with Crippen LogP contribution in [0.2, 0.25) is 0 Å². The zero-order valence-electron chi connectivity index (χ0n) is 17.5. The van der Waals surface area contributed by atoms with Crippen LogP contribution in [0.15, 0.2) is 60.7 Å². The molecule has 3 rings (SSSR count). The molecule has 0 saturated carbocycles. The lowest BCUT2D eigenvalue weighted by Crippen LogP contribution is -2.14. The Bertz CT molecular complexity index is 978. The van der Waals surface area contributed by atoms with Crippen LogP contribution in [0, 0.1) is 6.92 Å². The number of amides is 1. The summed E-state index contributed by atoms with van der Waals surface area (Å²) < 4.78 is 5.94. The molecule has 0 fully saturated rings. The Morgan fingerprint density at radius 1 is 1.03 bits per heavy atom. The van der Waals surface area contributed by atoms with Gasteiger partial charge in [0.1, 0.15) is 11.5 Å². The van der Waals surface area contributed by atoms with Gasteiger partial charge < -0.3 is 10.1 Å². The van der Waals surface area contributed by atoms with Crippen molar-refractivity contribution in [2.75, 3.05) is 5.32 Å². The van der Waals surface area contributed by atoms with E-state index < -0.39 is 0 Å². The lowest BCUT2D eigenvalue weighted by Gasteiger charge is -2.11. The number of nitrogens with one attached hydrogen (secondary N) is 1. The molecular weight excluding hydrogens is 360 g/mol. The second-order valence-electron chi connectivity index (χ2n) is 7.50. The van der Waals surface area contributed by atoms with Crippen molar-refractivity contribution >= 4 is 11.6 Å². The summed E-state index contributed by atoms with van der Waals surface area (Å²) in [6, 6.07) is 19.3. The van der Waals surface area contributed by atoms with Crippen molar-refractivity contribution in [2.24, 2.45) is 0 Å². The Morgan fingerprint density at radius 3 is 2.45 bits per heavy atom. The first-order valence-electron chi connectivity index (χ1n) is 10.1. The van der Waals surface area contributed by atoms with Crippen LogP contribution in [0.4, 0.5) is 5.69 Å². The number of carbonyl (C=O) groups excluding carboxylic acids is 1. The smallest absolute Gasteiger partial charge is 0.257 e. The maximum Gasteiger partial charge on any atom is 0.257 e. The largest absolute Gasteiger partial charge is 0.457 e. The van der Waals surface area contributed by atoms with E-state index in [1.165, 1.54) is 5.56 Å². The highest BCUT2D eigenvalue weighted by atomic mass is 16.5. The van der Waals surface area contributed by atoms with E-state index in [-0.39, 0.29) is 5.91 Å². The predicted molar refractivity (Wildman–Crippen MR) is 118 cm³/mol. The van der Waals surface area contributed by atoms with Gasteiger partial charge in [0.25, 0.3) is 5.91 Å². The average Bonchev–Trinajstić information content (AvgIpc) is 2.70. The normalized spacial score (nSPS) is 10.8. The zero-order valence-corrected chi connectivity index (χ0v) is 17.5. The summed E-state index contributed by atoms with van der Waals surface area (Å²) in [4.78, 5) is 17.1. The molecule has 0 aliphatic heterocycles. The van der Waals surface area contributed by atoms with Crippen molar-refractivity contribution in [3.63, 3.8) is 0 Å². The van der Waals surface area contributed by atoms with E-state index in [4.69, 9.17) is 4.74 Å². The van der Waals surface area contributed by atoms with Crippen LogP contribution >= 0.6 is 0 Å². The number of carbonyl (C=O) groups is 1. The van der Waals surface area contributed by atoms with Crippen molar-refractivity contribution in [3.05, 3.63) is 83.2 Å². The van der Waals surface area contributed by atoms with Gasteiger partial charge in [0.05, 0.1) is 11.3 Å². The summed E-state index contributed by atoms with van der Waals surface area (Å²) in [5.74, 6) is 1.72. The Labute approximate surface area is 173 Å². The van der Waals surface area contributed by atoms with E-state index in [1.54, 1.807) is 0 Å². The van der Waals surface area contributed by atoms with Crippen molar-refractivity contribution in [1.82, 2.24) is 4.98 Å². The van der Waals surface area contributed by atoms with Crippen LogP contribution in [0.1, 0.15) is 60.4 Å². The number of ether oxygens (including phenoxy) is 1. The molecule has 0 atom stereocenters. The summed E-state index contributed by atoms with van der Waals surface area (Å²) in [6.45, 7) is 8.21. The fraction of sp³-hybridized carbons (Fsp3) is 0.280. The number of aromatic nitrogens is 1. The first kappa shape index (κ1) is 20.6. The number of aryl methyl sites for hydroxylation is 2. The molecule has 150 valence electrons. The predicted octanol–water partition coefficient (Wildman–Crippen LogP) is 6.51. The molecule has 1 N–H and O–H groups in total. The highest BCUT2D eigenvalue weighted by Crippen LogP contribution is 2.25. The van der Waals surface area contributed by atoms with Crippen LogP contribution in [-0.4, -0.2) is 10.9 Å². The summed E-state index contributed by atoms with van der Waals surface area (Å²) in [6.07, 6.45) is 2.14. The van der Waals surface area contributed by atoms with Crippen LogP contribution in [0.5, 0.6) is 11.5 Å². The van der Waals surface area contributed by atoms with Crippen LogP contribution < -0.4 is 10.1 Å². The molecule has 29 heavy (non-hydrogen) atoms. The fourth-order valence-corrected chi connectivity index (χ4v) is 3.14. The molecule has 0 saturated heterocycles. The monoisotopic (exact) mass is 388 g/mol. The minimum absolute atomic E-state index is 0.161. The minimum Gasteiger partial charge on any atom is -0.457 e. The van der Waals surface area contributed by atoms with Gasteiger partial charge in [-0.15, -0.1) is 0 Å². The lowest BCUT2D eigenvalue weighted by atomic mass is 10.1. The minimum atomic E-state index is -0.161. The highest BCUT2D eigenvalue weighted by molar-refractivity contribution is 6.05. The van der Waals surface area contributed by atoms with Gasteiger partial charge in [-0.25, -0.2) is 0 Å². The molecule has 4 heteroatoms. The van der Waals surface area contributed by atoms with Gasteiger partial charge in [0.15, 0.2) is 0 Å². The summed E-state index contributed by atoms with van der Waals surface area (Å²) in [5, 5.41) is 2.93. The number of anilines is 1. The third-order valence-corrected chi connectivity index (χ3v) is 4.73. The first-order valence-corrected chi connectivity index (χ1v) is 10.1. The molecule has 0 unspecified atom stereocenters. The average molecular weight is 389 g/mol. The Morgan fingerprint density at radius 2 is 1.79 bits per heavy atom. The Kier molecular flexibility index (Phi) is 6.65. The number of benzene rings is 2. The maximum absolute atomic E-state index is 12.6. The molecule has 0 aliphatic rings. The van der Waals surface area contributed by atoms with E-state index in [0.717, 1.165) is 41.4 Å². The molecule has 0 spiro atoms. The second kappa shape index (κ2) is 9.37. The number of nitrogens with zero attached hydrogens (tertiary/aromatic N) is 1. The van der Waals surface area contributed by atoms with Crippen LogP contribution in [0.25, 0.3) is 0 Å². The van der Waals surface area contributed by atoms with Gasteiger partial charge in [0, 0.05) is 11.4 Å². The zero-order chi connectivity index (χ0) is 20.8. The highest BCUT2D eigenvalue weighted by Gasteiger charge is 2.12. The van der Waals surface area contributed by atoms with Crippen molar-refractivity contribution in [3.8, 4) is 11.5 Å². The summed E-state index contributed by atoms with van der Waals surface area (Å²) in [5.41, 5.74) is 4.29. The third-order valence-electron chi connectivity index (χ3n) is 4.73. The maximum atomic E-state index is 12.6. The lowest BCUT2D eigenvalue weighted by molar-refractivity contribution is 0.102. The third kappa shape index (κ3) is 5.44. The number of rotatable bonds is 7. The van der Waals surface area contributed by atoms with Gasteiger partial charge in [0.2, 0.25) is 0 Å². The molecule has 3 aromatic rings. The van der Waals surface area contributed by atoms with Gasteiger partial charge in [-0.05, 0) is 73.4 Å². The Hall–Kier alpha value is -3.14. The summed E-state index contributed by atoms with van der Waals surface area (Å²) in [7, 11) is 0. The number of pyridine rings is 1. The number of hydrogen-bond donors (Lipinski definition) is 1. The quantitative estimate of drug-likeness (QED) is 0.502. The topological polar surface area (TPSA) is 51.2 Å². The molecule has 0 aliphatic carbocycles. The molecule has 1 amide bonds. The van der Waals surface area contributed by atoms with Gasteiger partial charge in [-0.2, -0.15) is 0 Å². The second-order valence-corrected chi connectivity index (χ2v) is 7.50. The molecule has 0 radical (unpaired) electrons. The number of hydrogen-bond acceptors (Lipinski definition) is 3. The van der Waals surface area contributed by atoms with E-state index >= 15 is 0 Å². The molecule has 0 bridgehead atoms. The Balaban J connectivity index is 1.66. The van der Waals surface area contributed by atoms with Crippen LogP contribution in [-0.2, 0) is 6.42 Å². The van der Waals surface area contributed by atoms with Gasteiger partial charge >= 0.3 is 0 Å². The van der Waals surface area contributed by atoms with Gasteiger partial charge in [-0.3, -0.25) is 9.78 Å². The molecule has 1 aromatic heterocycles. The van der Waals surface area contributed by atoms with Crippen molar-refractivity contribution in [1.29, 1.82) is 0 Å². The van der Waals surface area contributed by atoms with Crippen molar-refractivity contribution in [2.45, 2.75) is 46.5 Å². The van der Waals surface area contributed by atoms with Gasteiger partial charge in [-0.1, -0.05) is 39.3 Å². The van der Waals surface area contributed by atoms with E-state index in [9.17, 15) is 4.79 Å². The molecule has 4 nitrogen and oxygen atoms in total. The standard InChI is InChI=1S/C25H28N2O2/c1-5-7-19-8-6-9-22(16-19)29-21-12-10-20(11-13-21)27-25(28)23-14-15-24(17(2)3)26-18(23)4/h6,8-17H,5,7H2,1-4H3,(H,27,28). The molecule has 2 aromatic carbocycles. The van der Waals surface area contributed by atoms with E-state index in [1.807, 2.05) is 55.5 Å². The SMILES string of the molecule is CCCc1cccc(Oc2ccc(NC(=O)c3ccc(C(C)C)nc3C)cc2)c1. The first-order chi connectivity index (χ1) is 14.0. The summed E-state index contributed by atoms with van der Waals surface area (Å²) >= 11 is 0. The molecular formula is C25H28N2O2. The molecule has 1 heterocycles. The van der Waals surface area contributed by atoms with E-state index in [2.05, 4.69) is 43.2 Å². The van der Waals surface area contributed by atoms with Crippen LogP contribution in [0.3, 0.4) is 0 Å². The van der Waals surface area contributed by atoms with E-state index in [0.29, 0.717) is 11.5 Å². The fourth-order valence-electron chi connectivity index (χ4n) is 3.14.